The fourth-order valence-electron chi connectivity index (χ4n) is 2.22. The third-order valence-corrected chi connectivity index (χ3v) is 5.00. The van der Waals surface area contributed by atoms with Crippen molar-refractivity contribution < 1.29 is 21.6 Å². The maximum Gasteiger partial charge on any atom is 0.416 e. The van der Waals surface area contributed by atoms with Crippen molar-refractivity contribution in [2.75, 3.05) is 5.32 Å². The zero-order chi connectivity index (χ0) is 18.2. The summed E-state index contributed by atoms with van der Waals surface area (Å²) in [6.45, 7) is 0.0926. The standard InChI is InChI=1S/C15H11ClF3N3O2S/c16-11-5-6-13-12(7-11)21-14(22-25(13,23)24)20-8-9-1-3-10(4-2-9)15(17,18)19/h1-7H,8H2,(H2,20,21,22). The third-order valence-electron chi connectivity index (χ3n) is 3.43. The molecular weight excluding hydrogens is 379 g/mol. The Morgan fingerprint density at radius 3 is 2.44 bits per heavy atom. The molecule has 0 amide bonds. The Labute approximate surface area is 146 Å². The minimum atomic E-state index is -4.40. The largest absolute Gasteiger partial charge is 0.416 e. The maximum atomic E-state index is 12.5. The van der Waals surface area contributed by atoms with Crippen LogP contribution in [0.2, 0.25) is 5.02 Å². The van der Waals surface area contributed by atoms with Crippen LogP contribution in [0.1, 0.15) is 11.1 Å². The van der Waals surface area contributed by atoms with Crippen LogP contribution < -0.4 is 10.6 Å². The van der Waals surface area contributed by atoms with Crippen molar-refractivity contribution in [2.45, 2.75) is 17.6 Å². The van der Waals surface area contributed by atoms with Gasteiger partial charge in [-0.1, -0.05) is 23.7 Å². The Hall–Kier alpha value is -2.26. The lowest BCUT2D eigenvalue weighted by atomic mass is 10.1. The van der Waals surface area contributed by atoms with Crippen LogP contribution in [-0.2, 0) is 22.7 Å². The van der Waals surface area contributed by atoms with E-state index in [2.05, 4.69) is 15.0 Å². The third kappa shape index (κ3) is 3.88. The molecule has 132 valence electrons. The van der Waals surface area contributed by atoms with Gasteiger partial charge in [0.15, 0.2) is 0 Å². The quantitative estimate of drug-likeness (QED) is 0.823. The van der Waals surface area contributed by atoms with Crippen LogP contribution in [0.25, 0.3) is 0 Å². The number of nitrogens with zero attached hydrogens (tertiary/aromatic N) is 1. The van der Waals surface area contributed by atoms with E-state index in [0.29, 0.717) is 10.6 Å². The highest BCUT2D eigenvalue weighted by Gasteiger charge is 2.30. The van der Waals surface area contributed by atoms with E-state index in [0.717, 1.165) is 12.1 Å². The monoisotopic (exact) mass is 389 g/mol. The van der Waals surface area contributed by atoms with E-state index in [9.17, 15) is 21.6 Å². The van der Waals surface area contributed by atoms with Crippen LogP contribution in [0.15, 0.2) is 51.8 Å². The molecule has 0 aromatic heterocycles. The van der Waals surface area contributed by atoms with Crippen LogP contribution >= 0.6 is 11.6 Å². The van der Waals surface area contributed by atoms with E-state index in [1.807, 2.05) is 0 Å². The number of alkyl halides is 3. The summed E-state index contributed by atoms with van der Waals surface area (Å²) in [7, 11) is -3.88. The lowest BCUT2D eigenvalue weighted by molar-refractivity contribution is -0.137. The van der Waals surface area contributed by atoms with E-state index in [-0.39, 0.29) is 23.1 Å². The number of guanidine groups is 1. The number of hydrogen-bond donors (Lipinski definition) is 2. The van der Waals surface area contributed by atoms with Crippen molar-refractivity contribution in [1.29, 1.82) is 0 Å². The molecule has 1 aliphatic rings. The van der Waals surface area contributed by atoms with Crippen LogP contribution in [-0.4, -0.2) is 14.4 Å². The van der Waals surface area contributed by atoms with Crippen molar-refractivity contribution in [2.24, 2.45) is 4.40 Å². The van der Waals surface area contributed by atoms with Gasteiger partial charge in [0.05, 0.1) is 11.3 Å². The molecule has 0 aliphatic carbocycles. The highest BCUT2D eigenvalue weighted by Crippen LogP contribution is 2.30. The molecule has 0 saturated heterocycles. The summed E-state index contributed by atoms with van der Waals surface area (Å²) >= 11 is 5.86. The summed E-state index contributed by atoms with van der Waals surface area (Å²) in [6, 6.07) is 8.75. The average molecular weight is 390 g/mol. The smallest absolute Gasteiger partial charge is 0.351 e. The fraction of sp³-hybridized carbons (Fsp3) is 0.133. The number of anilines is 1. The highest BCUT2D eigenvalue weighted by molar-refractivity contribution is 7.90. The van der Waals surface area contributed by atoms with Crippen LogP contribution in [0.4, 0.5) is 18.9 Å². The molecule has 0 spiro atoms. The Kier molecular flexibility index (Phi) is 4.38. The van der Waals surface area contributed by atoms with Gasteiger partial charge in [-0.3, -0.25) is 0 Å². The number of benzene rings is 2. The summed E-state index contributed by atoms with van der Waals surface area (Å²) in [4.78, 5) is -0.00280. The van der Waals surface area contributed by atoms with Crippen molar-refractivity contribution in [3.05, 3.63) is 58.6 Å². The van der Waals surface area contributed by atoms with Gasteiger partial charge < -0.3 is 10.6 Å². The van der Waals surface area contributed by atoms with E-state index < -0.39 is 21.8 Å². The first kappa shape index (κ1) is 17.6. The SMILES string of the molecule is O=S1(=O)N=C(NCc2ccc(C(F)(F)F)cc2)Nc2cc(Cl)ccc21. The zero-order valence-electron chi connectivity index (χ0n) is 12.4. The van der Waals surface area contributed by atoms with Gasteiger partial charge in [0, 0.05) is 11.6 Å². The number of rotatable bonds is 2. The number of fused-ring (bicyclic) bond motifs is 1. The molecule has 10 heteroatoms. The zero-order valence-corrected chi connectivity index (χ0v) is 14.0. The molecule has 25 heavy (non-hydrogen) atoms. The first-order valence-electron chi connectivity index (χ1n) is 6.97. The van der Waals surface area contributed by atoms with Gasteiger partial charge in [-0.05, 0) is 35.9 Å². The molecule has 1 heterocycles. The number of halogens is 4. The van der Waals surface area contributed by atoms with E-state index in [1.54, 1.807) is 0 Å². The molecule has 0 saturated carbocycles. The van der Waals surface area contributed by atoms with Crippen LogP contribution in [0, 0.1) is 0 Å². The molecular formula is C15H11ClF3N3O2S. The summed E-state index contributed by atoms with van der Waals surface area (Å²) in [5, 5.41) is 5.89. The van der Waals surface area contributed by atoms with E-state index >= 15 is 0 Å². The average Bonchev–Trinajstić information content (AvgIpc) is 2.51. The molecule has 0 radical (unpaired) electrons. The Morgan fingerprint density at radius 1 is 1.12 bits per heavy atom. The molecule has 3 rings (SSSR count). The topological polar surface area (TPSA) is 70.6 Å². The first-order valence-corrected chi connectivity index (χ1v) is 8.78. The number of hydrogen-bond acceptors (Lipinski definition) is 4. The molecule has 1 aliphatic heterocycles. The Morgan fingerprint density at radius 2 is 1.80 bits per heavy atom. The van der Waals surface area contributed by atoms with E-state index in [1.165, 1.54) is 30.3 Å². The summed E-state index contributed by atoms with van der Waals surface area (Å²) in [6.07, 6.45) is -4.40. The molecule has 2 N–H and O–H groups in total. The van der Waals surface area contributed by atoms with Crippen molar-refractivity contribution in [3.63, 3.8) is 0 Å². The second kappa shape index (κ2) is 6.23. The molecule has 0 bridgehead atoms. The lowest BCUT2D eigenvalue weighted by Gasteiger charge is -2.19. The second-order valence-corrected chi connectivity index (χ2v) is 7.24. The van der Waals surface area contributed by atoms with Crippen molar-refractivity contribution in [3.8, 4) is 0 Å². The summed E-state index contributed by atoms with van der Waals surface area (Å²) in [5.74, 6) is -0.0327. The minimum absolute atomic E-state index is 0.00280. The molecule has 0 fully saturated rings. The number of sulfonamides is 1. The van der Waals surface area contributed by atoms with Gasteiger partial charge in [-0.25, -0.2) is 0 Å². The molecule has 0 atom stereocenters. The summed E-state index contributed by atoms with van der Waals surface area (Å²) in [5.41, 5.74) is 0.0553. The normalized spacial score (nSPS) is 15.8. The molecule has 2 aromatic rings. The molecule has 2 aromatic carbocycles. The minimum Gasteiger partial charge on any atom is -0.351 e. The summed E-state index contributed by atoms with van der Waals surface area (Å²) < 4.78 is 65.4. The Bertz CT molecular complexity index is 941. The van der Waals surface area contributed by atoms with Gasteiger partial charge in [0.1, 0.15) is 4.90 Å². The first-order chi connectivity index (χ1) is 11.6. The second-order valence-electron chi connectivity index (χ2n) is 5.23. The van der Waals surface area contributed by atoms with Crippen LogP contribution in [0.5, 0.6) is 0 Å². The molecule has 5 nitrogen and oxygen atoms in total. The lowest BCUT2D eigenvalue weighted by Crippen LogP contribution is -2.34. The van der Waals surface area contributed by atoms with Gasteiger partial charge in [-0.2, -0.15) is 21.6 Å². The highest BCUT2D eigenvalue weighted by atomic mass is 35.5. The fourth-order valence-corrected chi connectivity index (χ4v) is 3.47. The predicted octanol–water partition coefficient (Wildman–Crippen LogP) is 3.62. The predicted molar refractivity (Wildman–Crippen MR) is 88.0 cm³/mol. The van der Waals surface area contributed by atoms with Crippen LogP contribution in [0.3, 0.4) is 0 Å². The molecule has 0 unspecified atom stereocenters. The van der Waals surface area contributed by atoms with Gasteiger partial charge in [0.25, 0.3) is 10.0 Å². The maximum absolute atomic E-state index is 12.5. The van der Waals surface area contributed by atoms with E-state index in [4.69, 9.17) is 11.6 Å². The Balaban J connectivity index is 1.75. The number of nitrogens with one attached hydrogen (secondary N) is 2. The van der Waals surface area contributed by atoms with Gasteiger partial charge in [-0.15, -0.1) is 4.40 Å². The van der Waals surface area contributed by atoms with Crippen molar-refractivity contribution in [1.82, 2.24) is 5.32 Å². The van der Waals surface area contributed by atoms with Crippen molar-refractivity contribution >= 4 is 33.3 Å². The van der Waals surface area contributed by atoms with Gasteiger partial charge in [0.2, 0.25) is 5.96 Å². The van der Waals surface area contributed by atoms with Gasteiger partial charge >= 0.3 is 6.18 Å².